The number of hydrogen-bond acceptors (Lipinski definition) is 6. The van der Waals surface area contributed by atoms with E-state index >= 15 is 0 Å². The number of nitrogens with one attached hydrogen (secondary N) is 1. The summed E-state index contributed by atoms with van der Waals surface area (Å²) in [4.78, 5) is 17.7. The second-order valence-electron chi connectivity index (χ2n) is 10.6. The number of fused-ring (bicyclic) bond motifs is 1. The van der Waals surface area contributed by atoms with Gasteiger partial charge in [0.2, 0.25) is 0 Å². The number of nitrogens with zero attached hydrogens (tertiary/aromatic N) is 2. The minimum Gasteiger partial charge on any atom is -0.468 e. The second-order valence-corrected chi connectivity index (χ2v) is 10.6. The number of carbonyl (C=O) groups is 1. The van der Waals surface area contributed by atoms with E-state index in [0.717, 1.165) is 38.0 Å². The molecular weight excluding hydrogens is 390 g/mol. The Morgan fingerprint density at radius 2 is 1.74 bits per heavy atom. The summed E-state index contributed by atoms with van der Waals surface area (Å²) in [6, 6.07) is 0.854. The van der Waals surface area contributed by atoms with Crippen molar-refractivity contribution in [2.24, 2.45) is 11.8 Å². The fourth-order valence-corrected chi connectivity index (χ4v) is 6.75. The fourth-order valence-electron chi connectivity index (χ4n) is 6.75. The van der Waals surface area contributed by atoms with Gasteiger partial charge in [0.1, 0.15) is 6.04 Å². The number of esters is 1. The van der Waals surface area contributed by atoms with Crippen molar-refractivity contribution in [3.8, 4) is 0 Å². The van der Waals surface area contributed by atoms with Crippen LogP contribution in [0.5, 0.6) is 0 Å². The zero-order chi connectivity index (χ0) is 21.6. The molecule has 0 radical (unpaired) electrons. The van der Waals surface area contributed by atoms with Gasteiger partial charge in [-0.15, -0.1) is 0 Å². The van der Waals surface area contributed by atoms with Gasteiger partial charge in [-0.05, 0) is 63.3 Å². The monoisotopic (exact) mass is 435 g/mol. The molecule has 6 nitrogen and oxygen atoms in total. The zero-order valence-corrected chi connectivity index (χ0v) is 19.9. The summed E-state index contributed by atoms with van der Waals surface area (Å²) >= 11 is 0. The van der Waals surface area contributed by atoms with E-state index in [1.807, 2.05) is 7.11 Å². The van der Waals surface area contributed by atoms with E-state index in [1.165, 1.54) is 77.2 Å². The highest BCUT2D eigenvalue weighted by Crippen LogP contribution is 2.32. The minimum atomic E-state index is -0.0813. The lowest BCUT2D eigenvalue weighted by atomic mass is 9.85. The van der Waals surface area contributed by atoms with E-state index in [0.29, 0.717) is 18.2 Å². The average molecular weight is 436 g/mol. The molecule has 2 aliphatic carbocycles. The zero-order valence-electron chi connectivity index (χ0n) is 19.9. The number of likely N-dealkylation sites (tertiary alicyclic amines) is 1. The number of ether oxygens (including phenoxy) is 2. The number of rotatable bonds is 8. The summed E-state index contributed by atoms with van der Waals surface area (Å²) < 4.78 is 10.8. The maximum Gasteiger partial charge on any atom is 0.323 e. The molecule has 1 N–H and O–H groups in total. The molecule has 2 unspecified atom stereocenters. The molecule has 2 saturated carbocycles. The van der Waals surface area contributed by atoms with Crippen LogP contribution >= 0.6 is 0 Å². The molecule has 3 atom stereocenters. The van der Waals surface area contributed by atoms with E-state index in [-0.39, 0.29) is 12.0 Å². The average Bonchev–Trinajstić information content (AvgIpc) is 3.20. The van der Waals surface area contributed by atoms with Crippen LogP contribution in [-0.2, 0) is 14.3 Å². The lowest BCUT2D eigenvalue weighted by Gasteiger charge is -2.43. The molecule has 4 rings (SSSR count). The molecule has 0 aromatic heterocycles. The van der Waals surface area contributed by atoms with Crippen LogP contribution in [0.2, 0.25) is 0 Å². The molecule has 4 aliphatic rings. The molecule has 2 heterocycles. The number of methoxy groups -OCH3 is 2. The summed E-state index contributed by atoms with van der Waals surface area (Å²) in [5.74, 6) is 1.65. The summed E-state index contributed by atoms with van der Waals surface area (Å²) in [5.41, 5.74) is 0. The Kier molecular flexibility index (Phi) is 8.66. The molecule has 0 bridgehead atoms. The van der Waals surface area contributed by atoms with E-state index < -0.39 is 0 Å². The quantitative estimate of drug-likeness (QED) is 0.590. The standard InChI is InChI=1S/C25H45N3O3/c1-30-21-12-10-20(11-13-21)16-28-18-26-22-15-23(25(29)31-2)27(17-24(22)28)14-6-9-19-7-4-3-5-8-19/h19-24,26H,3-18H2,1-2H3/t20?,21?,22?,23-,24?/m0/s1. The summed E-state index contributed by atoms with van der Waals surface area (Å²) in [5, 5.41) is 3.72. The third-order valence-corrected chi connectivity index (χ3v) is 8.71. The normalized spacial score (nSPS) is 35.7. The van der Waals surface area contributed by atoms with Crippen LogP contribution in [0.1, 0.15) is 77.0 Å². The minimum absolute atomic E-state index is 0.0470. The van der Waals surface area contributed by atoms with Gasteiger partial charge < -0.3 is 9.47 Å². The number of carbonyl (C=O) groups excluding carboxylic acids is 1. The van der Waals surface area contributed by atoms with Crippen LogP contribution in [0.25, 0.3) is 0 Å². The first-order chi connectivity index (χ1) is 15.2. The summed E-state index contributed by atoms with van der Waals surface area (Å²) in [6.07, 6.45) is 15.9. The maximum atomic E-state index is 12.6. The van der Waals surface area contributed by atoms with Crippen molar-refractivity contribution < 1.29 is 14.3 Å². The first kappa shape index (κ1) is 23.5. The van der Waals surface area contributed by atoms with Gasteiger partial charge in [-0.2, -0.15) is 0 Å². The number of hydrogen-bond donors (Lipinski definition) is 1. The topological polar surface area (TPSA) is 54.0 Å². The van der Waals surface area contributed by atoms with Gasteiger partial charge in [-0.1, -0.05) is 32.1 Å². The molecule has 6 heteroatoms. The first-order valence-electron chi connectivity index (χ1n) is 13.0. The van der Waals surface area contributed by atoms with Gasteiger partial charge in [0.25, 0.3) is 0 Å². The predicted molar refractivity (Wildman–Crippen MR) is 123 cm³/mol. The van der Waals surface area contributed by atoms with Gasteiger partial charge in [0, 0.05) is 39.0 Å². The molecule has 31 heavy (non-hydrogen) atoms. The summed E-state index contributed by atoms with van der Waals surface area (Å²) in [6.45, 7) is 4.18. The van der Waals surface area contributed by atoms with Gasteiger partial charge in [-0.25, -0.2) is 0 Å². The predicted octanol–water partition coefficient (Wildman–Crippen LogP) is 3.40. The Labute approximate surface area is 189 Å². The van der Waals surface area contributed by atoms with Crippen LogP contribution < -0.4 is 5.32 Å². The number of piperidine rings is 1. The Hall–Kier alpha value is -0.690. The Bertz CT molecular complexity index is 560. The lowest BCUT2D eigenvalue weighted by Crippen LogP contribution is -2.59. The lowest BCUT2D eigenvalue weighted by molar-refractivity contribution is -0.149. The highest BCUT2D eigenvalue weighted by molar-refractivity contribution is 5.76. The van der Waals surface area contributed by atoms with Crippen molar-refractivity contribution in [1.29, 1.82) is 0 Å². The van der Waals surface area contributed by atoms with Crippen LogP contribution in [-0.4, -0.2) is 80.5 Å². The molecule has 0 amide bonds. The second kappa shape index (κ2) is 11.4. The highest BCUT2D eigenvalue weighted by Gasteiger charge is 2.45. The van der Waals surface area contributed by atoms with Crippen LogP contribution in [0.15, 0.2) is 0 Å². The third kappa shape index (κ3) is 6.01. The molecule has 2 saturated heterocycles. The Morgan fingerprint density at radius 3 is 2.45 bits per heavy atom. The van der Waals surface area contributed by atoms with Crippen LogP contribution in [0.4, 0.5) is 0 Å². The Balaban J connectivity index is 1.31. The van der Waals surface area contributed by atoms with E-state index in [9.17, 15) is 4.79 Å². The molecule has 0 aromatic carbocycles. The molecular formula is C25H45N3O3. The van der Waals surface area contributed by atoms with Crippen molar-refractivity contribution in [3.05, 3.63) is 0 Å². The van der Waals surface area contributed by atoms with Gasteiger partial charge >= 0.3 is 5.97 Å². The Morgan fingerprint density at radius 1 is 0.968 bits per heavy atom. The smallest absolute Gasteiger partial charge is 0.323 e. The molecule has 0 aromatic rings. The van der Waals surface area contributed by atoms with E-state index in [2.05, 4.69) is 15.1 Å². The van der Waals surface area contributed by atoms with E-state index in [1.54, 1.807) is 7.11 Å². The first-order valence-corrected chi connectivity index (χ1v) is 13.0. The molecule has 0 spiro atoms. The maximum absolute atomic E-state index is 12.6. The van der Waals surface area contributed by atoms with Gasteiger partial charge in [0.05, 0.1) is 13.2 Å². The van der Waals surface area contributed by atoms with E-state index in [4.69, 9.17) is 9.47 Å². The summed E-state index contributed by atoms with van der Waals surface area (Å²) in [7, 11) is 3.39. The van der Waals surface area contributed by atoms with Crippen LogP contribution in [0, 0.1) is 11.8 Å². The van der Waals surface area contributed by atoms with Crippen molar-refractivity contribution >= 4 is 5.97 Å². The van der Waals surface area contributed by atoms with Crippen molar-refractivity contribution in [2.45, 2.75) is 101 Å². The van der Waals surface area contributed by atoms with Crippen molar-refractivity contribution in [1.82, 2.24) is 15.1 Å². The molecule has 2 aliphatic heterocycles. The van der Waals surface area contributed by atoms with Gasteiger partial charge in [0.15, 0.2) is 0 Å². The van der Waals surface area contributed by atoms with Crippen LogP contribution in [0.3, 0.4) is 0 Å². The highest BCUT2D eigenvalue weighted by atomic mass is 16.5. The van der Waals surface area contributed by atoms with Crippen molar-refractivity contribution in [2.75, 3.05) is 40.5 Å². The molecule has 178 valence electrons. The SMILES string of the molecule is COC(=O)[C@@H]1CC2NCN(CC3CCC(OC)CC3)C2CN1CCCC1CCCCC1. The van der Waals surface area contributed by atoms with Gasteiger partial charge in [-0.3, -0.25) is 19.9 Å². The molecule has 4 fully saturated rings. The third-order valence-electron chi connectivity index (χ3n) is 8.71. The van der Waals surface area contributed by atoms with Crippen molar-refractivity contribution in [3.63, 3.8) is 0 Å². The fraction of sp³-hybridized carbons (Fsp3) is 0.960. The largest absolute Gasteiger partial charge is 0.468 e.